The number of pyridine rings is 1. The number of ether oxygens (including phenoxy) is 3. The van der Waals surface area contributed by atoms with Crippen LogP contribution in [0.5, 0.6) is 0 Å². The first-order chi connectivity index (χ1) is 21.7. The molecule has 0 bridgehead atoms. The van der Waals surface area contributed by atoms with Gasteiger partial charge in [-0.15, -0.1) is 0 Å². The zero-order valence-corrected chi connectivity index (χ0v) is 24.9. The number of morpholine rings is 1. The van der Waals surface area contributed by atoms with Crippen LogP contribution in [0.25, 0.3) is 0 Å². The van der Waals surface area contributed by atoms with Crippen LogP contribution in [0.4, 0.5) is 23.7 Å². The summed E-state index contributed by atoms with van der Waals surface area (Å²) in [6.45, 7) is 4.06. The quantitative estimate of drug-likeness (QED) is 0.187. The molecule has 2 aromatic carbocycles. The number of aromatic nitrogens is 1. The molecule has 0 unspecified atom stereocenters. The van der Waals surface area contributed by atoms with Crippen molar-refractivity contribution in [2.75, 3.05) is 44.8 Å². The molecule has 1 aliphatic heterocycles. The van der Waals surface area contributed by atoms with E-state index in [9.17, 15) is 18.4 Å². The molecule has 0 radical (unpaired) electrons. The van der Waals surface area contributed by atoms with Gasteiger partial charge in [0.25, 0.3) is 0 Å². The van der Waals surface area contributed by atoms with Crippen LogP contribution in [0.3, 0.4) is 0 Å². The van der Waals surface area contributed by atoms with Gasteiger partial charge in [0.15, 0.2) is 0 Å². The molecule has 10 nitrogen and oxygen atoms in total. The van der Waals surface area contributed by atoms with Crippen LogP contribution in [0.1, 0.15) is 36.0 Å². The second kappa shape index (κ2) is 16.8. The molecule has 45 heavy (non-hydrogen) atoms. The van der Waals surface area contributed by atoms with Crippen LogP contribution in [0.2, 0.25) is 0 Å². The topological polar surface area (TPSA) is 137 Å². The van der Waals surface area contributed by atoms with Crippen molar-refractivity contribution in [3.63, 3.8) is 0 Å². The highest BCUT2D eigenvalue weighted by Gasteiger charge is 2.31. The highest BCUT2D eigenvalue weighted by Crippen LogP contribution is 2.32. The predicted octanol–water partition coefficient (Wildman–Crippen LogP) is 3.65. The number of hydrogen-bond acceptors (Lipinski definition) is 8. The van der Waals surface area contributed by atoms with E-state index in [0.29, 0.717) is 50.5 Å². The SMILES string of the molecule is CCOCCNC(=O)OC[C@@H]1CO[C@H](CCc2c(F)cncc2N[C@H](C(N)=O)C(c2ccc(F)cc2)c2ccc(F)cc2)CN1. The normalized spacial score (nSPS) is 17.1. The number of nitrogens with zero attached hydrogens (tertiary/aromatic N) is 1. The van der Waals surface area contributed by atoms with E-state index in [1.807, 2.05) is 6.92 Å². The Morgan fingerprint density at radius 2 is 1.73 bits per heavy atom. The molecular formula is C32H38F3N5O5. The van der Waals surface area contributed by atoms with Crippen molar-refractivity contribution in [3.8, 4) is 0 Å². The Kier molecular flexibility index (Phi) is 12.5. The minimum Gasteiger partial charge on any atom is -0.448 e. The Hall–Kier alpha value is -4.20. The molecule has 0 spiro atoms. The number of primary amides is 1. The number of halogens is 3. The van der Waals surface area contributed by atoms with Gasteiger partial charge in [-0.2, -0.15) is 0 Å². The number of rotatable bonds is 15. The third kappa shape index (κ3) is 9.90. The van der Waals surface area contributed by atoms with Gasteiger partial charge in [-0.25, -0.2) is 18.0 Å². The molecule has 0 saturated carbocycles. The van der Waals surface area contributed by atoms with Gasteiger partial charge in [0, 0.05) is 31.2 Å². The Morgan fingerprint density at radius 3 is 2.31 bits per heavy atom. The minimum absolute atomic E-state index is 0.123. The van der Waals surface area contributed by atoms with E-state index >= 15 is 4.39 Å². The largest absolute Gasteiger partial charge is 0.448 e. The standard InChI is InChI=1S/C32H38F3N5O5/c1-2-43-14-13-38-32(42)45-19-24-18-44-25(15-39-24)11-12-26-27(35)16-37-17-28(26)40-30(31(36)41)29(20-3-7-22(33)8-4-20)21-5-9-23(34)10-6-21/h3-10,16-17,24-25,29-30,39-40H,2,11-15,18-19H2,1H3,(H2,36,41)(H,38,42)/t24-,25+,30-/m0/s1. The Morgan fingerprint density at radius 1 is 1.07 bits per heavy atom. The number of carbonyl (C=O) groups excluding carboxylic acids is 2. The van der Waals surface area contributed by atoms with Crippen molar-refractivity contribution in [1.29, 1.82) is 0 Å². The second-order valence-electron chi connectivity index (χ2n) is 10.6. The Bertz CT molecular complexity index is 1340. The van der Waals surface area contributed by atoms with Crippen LogP contribution in [0, 0.1) is 17.5 Å². The van der Waals surface area contributed by atoms with Crippen molar-refractivity contribution in [2.45, 2.75) is 43.9 Å². The van der Waals surface area contributed by atoms with Gasteiger partial charge >= 0.3 is 6.09 Å². The molecule has 3 aromatic rings. The molecule has 242 valence electrons. The number of anilines is 1. The van der Waals surface area contributed by atoms with Crippen LogP contribution < -0.4 is 21.7 Å². The first-order valence-corrected chi connectivity index (χ1v) is 14.8. The fourth-order valence-electron chi connectivity index (χ4n) is 5.11. The summed E-state index contributed by atoms with van der Waals surface area (Å²) in [5.41, 5.74) is 7.50. The van der Waals surface area contributed by atoms with E-state index in [1.54, 1.807) is 0 Å². The van der Waals surface area contributed by atoms with Gasteiger partial charge in [-0.3, -0.25) is 9.78 Å². The van der Waals surface area contributed by atoms with Crippen molar-refractivity contribution in [2.24, 2.45) is 5.73 Å². The predicted molar refractivity (Wildman–Crippen MR) is 161 cm³/mol. The van der Waals surface area contributed by atoms with Crippen LogP contribution >= 0.6 is 0 Å². The van der Waals surface area contributed by atoms with Gasteiger partial charge in [0.05, 0.1) is 43.4 Å². The lowest BCUT2D eigenvalue weighted by molar-refractivity contribution is -0.119. The Balaban J connectivity index is 1.40. The van der Waals surface area contributed by atoms with E-state index in [2.05, 4.69) is 20.9 Å². The Labute approximate surface area is 259 Å². The van der Waals surface area contributed by atoms with Crippen molar-refractivity contribution in [3.05, 3.63) is 95.1 Å². The fraction of sp³-hybridized carbons (Fsp3) is 0.406. The summed E-state index contributed by atoms with van der Waals surface area (Å²) in [7, 11) is 0. The van der Waals surface area contributed by atoms with E-state index in [-0.39, 0.29) is 36.4 Å². The van der Waals surface area contributed by atoms with Gasteiger partial charge in [-0.05, 0) is 55.2 Å². The molecule has 5 N–H and O–H groups in total. The molecule has 1 saturated heterocycles. The summed E-state index contributed by atoms with van der Waals surface area (Å²) in [6, 6.07) is 9.80. The van der Waals surface area contributed by atoms with Gasteiger partial charge in [-0.1, -0.05) is 24.3 Å². The number of nitrogens with two attached hydrogens (primary N) is 1. The number of benzene rings is 2. The zero-order chi connectivity index (χ0) is 32.2. The monoisotopic (exact) mass is 629 g/mol. The third-order valence-electron chi connectivity index (χ3n) is 7.43. The second-order valence-corrected chi connectivity index (χ2v) is 10.6. The fourth-order valence-corrected chi connectivity index (χ4v) is 5.11. The lowest BCUT2D eigenvalue weighted by Gasteiger charge is -2.31. The zero-order valence-electron chi connectivity index (χ0n) is 24.9. The summed E-state index contributed by atoms with van der Waals surface area (Å²) in [4.78, 5) is 28.6. The summed E-state index contributed by atoms with van der Waals surface area (Å²) < 4.78 is 59.0. The lowest BCUT2D eigenvalue weighted by atomic mass is 9.84. The highest BCUT2D eigenvalue weighted by molar-refractivity contribution is 5.85. The number of hydrogen-bond donors (Lipinski definition) is 4. The molecule has 1 fully saturated rings. The molecule has 1 aromatic heterocycles. The first-order valence-electron chi connectivity index (χ1n) is 14.8. The number of carbonyl (C=O) groups is 2. The average Bonchev–Trinajstić information content (AvgIpc) is 3.03. The molecule has 2 amide bonds. The molecule has 1 aliphatic rings. The minimum atomic E-state index is -1.12. The van der Waals surface area contributed by atoms with Gasteiger partial charge in [0.2, 0.25) is 5.91 Å². The summed E-state index contributed by atoms with van der Waals surface area (Å²) >= 11 is 0. The maximum absolute atomic E-state index is 15.1. The lowest BCUT2D eigenvalue weighted by Crippen LogP contribution is -2.49. The summed E-state index contributed by atoms with van der Waals surface area (Å²) in [6.07, 6.45) is 2.39. The molecule has 2 heterocycles. The third-order valence-corrected chi connectivity index (χ3v) is 7.43. The maximum Gasteiger partial charge on any atom is 0.407 e. The smallest absolute Gasteiger partial charge is 0.407 e. The summed E-state index contributed by atoms with van der Waals surface area (Å²) in [5.74, 6) is -3.01. The van der Waals surface area contributed by atoms with Crippen molar-refractivity contribution < 1.29 is 37.0 Å². The van der Waals surface area contributed by atoms with E-state index in [0.717, 1.165) is 6.20 Å². The van der Waals surface area contributed by atoms with Crippen molar-refractivity contribution >= 4 is 17.7 Å². The molecule has 0 aliphatic carbocycles. The molecule has 13 heteroatoms. The number of nitrogens with one attached hydrogen (secondary N) is 3. The first kappa shape index (κ1) is 33.7. The summed E-state index contributed by atoms with van der Waals surface area (Å²) in [5, 5.41) is 8.96. The van der Waals surface area contributed by atoms with E-state index in [1.165, 1.54) is 54.7 Å². The molecule has 4 rings (SSSR count). The highest BCUT2D eigenvalue weighted by atomic mass is 19.1. The average molecular weight is 630 g/mol. The van der Waals surface area contributed by atoms with Gasteiger partial charge in [0.1, 0.15) is 30.1 Å². The van der Waals surface area contributed by atoms with E-state index < -0.39 is 41.4 Å². The van der Waals surface area contributed by atoms with Crippen molar-refractivity contribution in [1.82, 2.24) is 15.6 Å². The molecule has 3 atom stereocenters. The van der Waals surface area contributed by atoms with Gasteiger partial charge < -0.3 is 35.9 Å². The van der Waals surface area contributed by atoms with Crippen LogP contribution in [-0.4, -0.2) is 74.7 Å². The molecular weight excluding hydrogens is 591 g/mol. The van der Waals surface area contributed by atoms with E-state index in [4.69, 9.17) is 19.9 Å². The number of amides is 2. The number of alkyl carbamates (subject to hydrolysis) is 1. The van der Waals surface area contributed by atoms with Crippen LogP contribution in [-0.2, 0) is 25.4 Å². The maximum atomic E-state index is 15.1. The van der Waals surface area contributed by atoms with Crippen LogP contribution in [0.15, 0.2) is 60.9 Å².